The van der Waals surface area contributed by atoms with Gasteiger partial charge < -0.3 is 14.6 Å². The average molecular weight is 392 g/mol. The minimum atomic E-state index is -0.234. The highest BCUT2D eigenvalue weighted by Gasteiger charge is 2.17. The van der Waals surface area contributed by atoms with Gasteiger partial charge in [0.1, 0.15) is 18.2 Å². The van der Waals surface area contributed by atoms with Crippen LogP contribution in [0.3, 0.4) is 0 Å². The molecule has 0 radical (unpaired) electrons. The highest BCUT2D eigenvalue weighted by Crippen LogP contribution is 2.23. The van der Waals surface area contributed by atoms with Crippen molar-refractivity contribution in [1.82, 2.24) is 14.9 Å². The Morgan fingerprint density at radius 3 is 2.62 bits per heavy atom. The number of carbonyl (C=O) groups is 1. The number of imidazole rings is 1. The van der Waals surface area contributed by atoms with Crippen molar-refractivity contribution in [3.05, 3.63) is 72.6 Å². The van der Waals surface area contributed by atoms with Crippen molar-refractivity contribution < 1.29 is 9.53 Å². The van der Waals surface area contributed by atoms with Gasteiger partial charge >= 0.3 is 0 Å². The Labute approximate surface area is 172 Å². The van der Waals surface area contributed by atoms with Crippen molar-refractivity contribution in [2.24, 2.45) is 0 Å². The van der Waals surface area contributed by atoms with Gasteiger partial charge in [-0.2, -0.15) is 0 Å². The zero-order chi connectivity index (χ0) is 20.8. The molecule has 0 spiro atoms. The highest BCUT2D eigenvalue weighted by atomic mass is 16.5. The molecule has 5 heteroatoms. The number of aromatic nitrogens is 2. The summed E-state index contributed by atoms with van der Waals surface area (Å²) in [6, 6.07) is 16.1. The van der Waals surface area contributed by atoms with E-state index in [1.165, 1.54) is 11.6 Å². The number of hydrogen-bond acceptors (Lipinski definition) is 3. The predicted octanol–water partition coefficient (Wildman–Crippen LogP) is 4.99. The molecular formula is C24H29N3O2. The second-order valence-electron chi connectivity index (χ2n) is 7.27. The highest BCUT2D eigenvalue weighted by molar-refractivity contribution is 5.87. The molecule has 0 saturated carbocycles. The van der Waals surface area contributed by atoms with Gasteiger partial charge in [0.2, 0.25) is 5.91 Å². The molecule has 1 amide bonds. The number of amides is 1. The molecule has 0 fully saturated rings. The van der Waals surface area contributed by atoms with Gasteiger partial charge in [0.15, 0.2) is 0 Å². The number of nitrogens with zero attached hydrogens (tertiary/aromatic N) is 2. The van der Waals surface area contributed by atoms with Gasteiger partial charge in [-0.05, 0) is 55.2 Å². The van der Waals surface area contributed by atoms with Crippen molar-refractivity contribution in [1.29, 1.82) is 0 Å². The molecule has 3 rings (SSSR count). The molecule has 0 aliphatic rings. The fourth-order valence-electron chi connectivity index (χ4n) is 3.38. The Balaban J connectivity index is 1.74. The SMILES string of the molecule is C=CC(=O)NC(C)c1nc2ccccc2n1CCOc1ccc(C(C)CC)cc1. The van der Waals surface area contributed by atoms with Crippen molar-refractivity contribution in [3.63, 3.8) is 0 Å². The molecule has 5 nitrogen and oxygen atoms in total. The van der Waals surface area contributed by atoms with Crippen LogP contribution in [0.2, 0.25) is 0 Å². The molecule has 1 heterocycles. The molecule has 1 aromatic heterocycles. The minimum absolute atomic E-state index is 0.214. The monoisotopic (exact) mass is 391 g/mol. The maximum absolute atomic E-state index is 11.7. The zero-order valence-electron chi connectivity index (χ0n) is 17.4. The third-order valence-electron chi connectivity index (χ3n) is 5.26. The molecular weight excluding hydrogens is 362 g/mol. The predicted molar refractivity (Wildman–Crippen MR) is 117 cm³/mol. The van der Waals surface area contributed by atoms with Gasteiger partial charge in [-0.3, -0.25) is 4.79 Å². The van der Waals surface area contributed by atoms with E-state index in [-0.39, 0.29) is 11.9 Å². The van der Waals surface area contributed by atoms with E-state index >= 15 is 0 Å². The molecule has 2 aromatic carbocycles. The van der Waals surface area contributed by atoms with Crippen molar-refractivity contribution in [2.45, 2.75) is 45.7 Å². The quantitative estimate of drug-likeness (QED) is 0.523. The Morgan fingerprint density at radius 2 is 1.93 bits per heavy atom. The van der Waals surface area contributed by atoms with E-state index in [1.54, 1.807) is 0 Å². The number of para-hydroxylation sites is 2. The van der Waals surface area contributed by atoms with Crippen LogP contribution in [0.25, 0.3) is 11.0 Å². The number of nitrogens with one attached hydrogen (secondary N) is 1. The van der Waals surface area contributed by atoms with E-state index in [0.29, 0.717) is 19.1 Å². The molecule has 0 aliphatic carbocycles. The Hall–Kier alpha value is -3.08. The topological polar surface area (TPSA) is 56.2 Å². The van der Waals surface area contributed by atoms with Crippen molar-refractivity contribution >= 4 is 16.9 Å². The summed E-state index contributed by atoms with van der Waals surface area (Å²) in [5, 5.41) is 2.90. The third kappa shape index (κ3) is 4.86. The van der Waals surface area contributed by atoms with Gasteiger partial charge in [-0.1, -0.05) is 44.7 Å². The number of ether oxygens (including phenoxy) is 1. The molecule has 3 aromatic rings. The molecule has 2 atom stereocenters. The van der Waals surface area contributed by atoms with E-state index in [9.17, 15) is 4.79 Å². The lowest BCUT2D eigenvalue weighted by Crippen LogP contribution is -2.27. The first-order valence-corrected chi connectivity index (χ1v) is 10.1. The first kappa shape index (κ1) is 20.6. The molecule has 0 bridgehead atoms. The maximum atomic E-state index is 11.7. The van der Waals surface area contributed by atoms with E-state index in [1.807, 2.05) is 43.3 Å². The molecule has 0 saturated heterocycles. The minimum Gasteiger partial charge on any atom is -0.492 e. The van der Waals surface area contributed by atoms with Gasteiger partial charge in [0.25, 0.3) is 0 Å². The summed E-state index contributed by atoms with van der Waals surface area (Å²) in [5.41, 5.74) is 3.26. The fourth-order valence-corrected chi connectivity index (χ4v) is 3.38. The lowest BCUT2D eigenvalue weighted by atomic mass is 9.99. The fraction of sp³-hybridized carbons (Fsp3) is 0.333. The summed E-state index contributed by atoms with van der Waals surface area (Å²) in [4.78, 5) is 16.5. The molecule has 2 unspecified atom stereocenters. The van der Waals surface area contributed by atoms with Gasteiger partial charge in [0, 0.05) is 0 Å². The van der Waals surface area contributed by atoms with E-state index in [2.05, 4.69) is 42.4 Å². The standard InChI is InChI=1S/C24H29N3O2/c1-5-17(3)19-11-13-20(14-12-19)29-16-15-27-22-10-8-7-9-21(22)26-24(27)18(4)25-23(28)6-2/h6-14,17-18H,2,5,15-16H2,1,3-4H3,(H,25,28). The zero-order valence-corrected chi connectivity index (χ0v) is 17.4. The van der Waals surface area contributed by atoms with Crippen LogP contribution in [-0.4, -0.2) is 22.1 Å². The Morgan fingerprint density at radius 1 is 1.21 bits per heavy atom. The summed E-state index contributed by atoms with van der Waals surface area (Å²) in [6.45, 7) is 11.0. The van der Waals surface area contributed by atoms with Crippen LogP contribution in [-0.2, 0) is 11.3 Å². The molecule has 152 valence electrons. The second kappa shape index (κ2) is 9.41. The van der Waals surface area contributed by atoms with Gasteiger partial charge in [0.05, 0.1) is 23.6 Å². The lowest BCUT2D eigenvalue weighted by molar-refractivity contribution is -0.117. The van der Waals surface area contributed by atoms with Crippen LogP contribution in [0.15, 0.2) is 61.2 Å². The van der Waals surface area contributed by atoms with Crippen LogP contribution in [0, 0.1) is 0 Å². The number of rotatable bonds is 9. The third-order valence-corrected chi connectivity index (χ3v) is 5.26. The maximum Gasteiger partial charge on any atom is 0.243 e. The first-order chi connectivity index (χ1) is 14.0. The lowest BCUT2D eigenvalue weighted by Gasteiger charge is -2.16. The smallest absolute Gasteiger partial charge is 0.243 e. The van der Waals surface area contributed by atoms with Crippen LogP contribution in [0.5, 0.6) is 5.75 Å². The number of benzene rings is 2. The Bertz CT molecular complexity index is 975. The summed E-state index contributed by atoms with van der Waals surface area (Å²) in [7, 11) is 0. The Kier molecular flexibility index (Phi) is 6.70. The van der Waals surface area contributed by atoms with E-state index in [0.717, 1.165) is 29.0 Å². The van der Waals surface area contributed by atoms with Gasteiger partial charge in [-0.15, -0.1) is 0 Å². The van der Waals surface area contributed by atoms with Crippen LogP contribution in [0.4, 0.5) is 0 Å². The number of carbonyl (C=O) groups excluding carboxylic acids is 1. The summed E-state index contributed by atoms with van der Waals surface area (Å²) >= 11 is 0. The largest absolute Gasteiger partial charge is 0.492 e. The second-order valence-corrected chi connectivity index (χ2v) is 7.27. The molecule has 29 heavy (non-hydrogen) atoms. The van der Waals surface area contributed by atoms with Crippen molar-refractivity contribution in [3.8, 4) is 5.75 Å². The van der Waals surface area contributed by atoms with E-state index in [4.69, 9.17) is 9.72 Å². The van der Waals surface area contributed by atoms with E-state index < -0.39 is 0 Å². The van der Waals surface area contributed by atoms with Gasteiger partial charge in [-0.25, -0.2) is 4.98 Å². The first-order valence-electron chi connectivity index (χ1n) is 10.1. The van der Waals surface area contributed by atoms with Crippen LogP contribution >= 0.6 is 0 Å². The van der Waals surface area contributed by atoms with Crippen molar-refractivity contribution in [2.75, 3.05) is 6.61 Å². The number of hydrogen-bond donors (Lipinski definition) is 1. The van der Waals surface area contributed by atoms with Crippen LogP contribution in [0.1, 0.15) is 50.5 Å². The summed E-state index contributed by atoms with van der Waals surface area (Å²) < 4.78 is 8.09. The molecule has 0 aliphatic heterocycles. The number of fused-ring (bicyclic) bond motifs is 1. The van der Waals surface area contributed by atoms with Crippen LogP contribution < -0.4 is 10.1 Å². The summed E-state index contributed by atoms with van der Waals surface area (Å²) in [5.74, 6) is 2.00. The average Bonchev–Trinajstić information content (AvgIpc) is 3.12. The molecule has 1 N–H and O–H groups in total. The normalized spacial score (nSPS) is 13.1. The summed E-state index contributed by atoms with van der Waals surface area (Å²) in [6.07, 6.45) is 2.40.